The van der Waals surface area contributed by atoms with Gasteiger partial charge >= 0.3 is 8.25 Å². The standard InChI is InChI=1S/C25H27O6PS2/c1-28-23-12-8-21(9-13-23)25(20-6-4-3-5-7-20,22-10-14-24(29-2)15-11-22)30-16-18-33-34-19-17-31-32(26)27/h3-15H,16-19H2,1-2H3. The maximum absolute atomic E-state index is 10.5. The van der Waals surface area contributed by atoms with E-state index < -0.39 is 13.9 Å². The van der Waals surface area contributed by atoms with Crippen LogP contribution in [0.5, 0.6) is 11.5 Å². The maximum atomic E-state index is 10.5. The zero-order valence-corrected chi connectivity index (χ0v) is 21.6. The van der Waals surface area contributed by atoms with E-state index in [1.54, 1.807) is 35.8 Å². The Morgan fingerprint density at radius 2 is 1.21 bits per heavy atom. The molecule has 0 aliphatic rings. The van der Waals surface area contributed by atoms with E-state index in [9.17, 15) is 9.46 Å². The monoisotopic (exact) mass is 518 g/mol. The van der Waals surface area contributed by atoms with Crippen LogP contribution in [0.15, 0.2) is 78.9 Å². The molecule has 1 unspecified atom stereocenters. The molecule has 9 heteroatoms. The molecule has 6 nitrogen and oxygen atoms in total. The highest BCUT2D eigenvalue weighted by Crippen LogP contribution is 2.42. The summed E-state index contributed by atoms with van der Waals surface area (Å²) in [6, 6.07) is 26.0. The van der Waals surface area contributed by atoms with Crippen LogP contribution in [0.4, 0.5) is 0 Å². The van der Waals surface area contributed by atoms with Gasteiger partial charge in [0.1, 0.15) is 23.7 Å². The van der Waals surface area contributed by atoms with Gasteiger partial charge in [-0.2, -0.15) is 0 Å². The molecule has 0 saturated carbocycles. The molecule has 0 radical (unpaired) electrons. The van der Waals surface area contributed by atoms with Gasteiger partial charge in [0.05, 0.1) is 20.8 Å². The van der Waals surface area contributed by atoms with Gasteiger partial charge in [0.2, 0.25) is 0 Å². The van der Waals surface area contributed by atoms with E-state index in [1.807, 2.05) is 66.7 Å². The topological polar surface area (TPSA) is 77.1 Å². The van der Waals surface area contributed by atoms with Crippen molar-refractivity contribution in [2.45, 2.75) is 5.60 Å². The molecule has 1 atom stereocenters. The smallest absolute Gasteiger partial charge is 0.488 e. The Labute approximate surface area is 209 Å². The molecule has 0 saturated heterocycles. The van der Waals surface area contributed by atoms with Crippen LogP contribution in [0.2, 0.25) is 0 Å². The molecule has 0 aliphatic heterocycles. The van der Waals surface area contributed by atoms with E-state index in [4.69, 9.17) is 14.2 Å². The summed E-state index contributed by atoms with van der Waals surface area (Å²) in [5, 5.41) is 0. The zero-order valence-electron chi connectivity index (χ0n) is 19.0. The third-order valence-electron chi connectivity index (χ3n) is 5.11. The molecule has 0 spiro atoms. The largest absolute Gasteiger partial charge is 0.566 e. The Balaban J connectivity index is 1.89. The molecule has 0 amide bonds. The Kier molecular flexibility index (Phi) is 10.7. The molecule has 0 aromatic heterocycles. The van der Waals surface area contributed by atoms with Crippen molar-refractivity contribution in [3.05, 3.63) is 95.6 Å². The second-order valence-corrected chi connectivity index (χ2v) is 10.5. The van der Waals surface area contributed by atoms with Crippen LogP contribution >= 0.6 is 29.8 Å². The zero-order chi connectivity index (χ0) is 24.2. The fourth-order valence-electron chi connectivity index (χ4n) is 3.57. The van der Waals surface area contributed by atoms with E-state index in [0.717, 1.165) is 33.9 Å². The van der Waals surface area contributed by atoms with Crippen LogP contribution in [0.25, 0.3) is 0 Å². The number of methoxy groups -OCH3 is 2. The van der Waals surface area contributed by atoms with Gasteiger partial charge in [-0.25, -0.2) is 0 Å². The predicted octanol–water partition coefficient (Wildman–Crippen LogP) is 5.43. The van der Waals surface area contributed by atoms with Gasteiger partial charge in [-0.3, -0.25) is 0 Å². The highest BCUT2D eigenvalue weighted by molar-refractivity contribution is 8.76. The van der Waals surface area contributed by atoms with Crippen molar-refractivity contribution >= 4 is 29.8 Å². The van der Waals surface area contributed by atoms with Crippen molar-refractivity contribution < 1.29 is 28.2 Å². The summed E-state index contributed by atoms with van der Waals surface area (Å²) in [7, 11) is 3.67. The lowest BCUT2D eigenvalue weighted by atomic mass is 9.80. The first-order valence-corrected chi connectivity index (χ1v) is 14.2. The Morgan fingerprint density at radius 3 is 1.68 bits per heavy atom. The quantitative estimate of drug-likeness (QED) is 0.121. The van der Waals surface area contributed by atoms with Crippen LogP contribution in [0, 0.1) is 0 Å². The van der Waals surface area contributed by atoms with Crippen LogP contribution in [-0.2, 0) is 19.4 Å². The fraction of sp³-hybridized carbons (Fsp3) is 0.280. The molecule has 3 rings (SSSR count). The lowest BCUT2D eigenvalue weighted by molar-refractivity contribution is -0.185. The molecule has 3 aromatic carbocycles. The minimum atomic E-state index is -2.79. The molecule has 0 fully saturated rings. The van der Waals surface area contributed by atoms with Crippen molar-refractivity contribution in [1.82, 2.24) is 0 Å². The second kappa shape index (κ2) is 13.7. The van der Waals surface area contributed by atoms with Gasteiger partial charge in [-0.15, -0.1) is 4.52 Å². The predicted molar refractivity (Wildman–Crippen MR) is 137 cm³/mol. The minimum absolute atomic E-state index is 0.170. The number of benzene rings is 3. The number of ether oxygens (including phenoxy) is 3. The van der Waals surface area contributed by atoms with E-state index in [-0.39, 0.29) is 6.61 Å². The lowest BCUT2D eigenvalue weighted by Crippen LogP contribution is -2.33. The van der Waals surface area contributed by atoms with Crippen molar-refractivity contribution in [2.75, 3.05) is 38.9 Å². The van der Waals surface area contributed by atoms with Crippen molar-refractivity contribution in [3.63, 3.8) is 0 Å². The van der Waals surface area contributed by atoms with Gasteiger partial charge in [0, 0.05) is 11.5 Å². The van der Waals surface area contributed by atoms with Gasteiger partial charge in [-0.05, 0) is 45.5 Å². The van der Waals surface area contributed by atoms with Crippen molar-refractivity contribution in [2.24, 2.45) is 0 Å². The van der Waals surface area contributed by atoms with Gasteiger partial charge in [0.25, 0.3) is 0 Å². The lowest BCUT2D eigenvalue weighted by Gasteiger charge is -2.36. The van der Waals surface area contributed by atoms with Crippen molar-refractivity contribution in [1.29, 1.82) is 0 Å². The molecule has 0 bridgehead atoms. The summed E-state index contributed by atoms with van der Waals surface area (Å²) in [5.74, 6) is 2.84. The first-order chi connectivity index (χ1) is 16.6. The normalized spacial score (nSPS) is 11.8. The number of hydrogen-bond acceptors (Lipinski definition) is 8. The molecule has 180 valence electrons. The minimum Gasteiger partial charge on any atom is -0.566 e. The summed E-state index contributed by atoms with van der Waals surface area (Å²) in [5.41, 5.74) is 2.13. The van der Waals surface area contributed by atoms with Gasteiger partial charge in [-0.1, -0.05) is 76.2 Å². The summed E-state index contributed by atoms with van der Waals surface area (Å²) in [6.45, 7) is 0.643. The molecule has 3 aromatic rings. The van der Waals surface area contributed by atoms with Crippen LogP contribution < -0.4 is 14.4 Å². The summed E-state index contributed by atoms with van der Waals surface area (Å²) in [4.78, 5) is 10.5. The van der Waals surface area contributed by atoms with E-state index in [2.05, 4.69) is 16.7 Å². The number of rotatable bonds is 14. The Morgan fingerprint density at radius 1 is 0.735 bits per heavy atom. The van der Waals surface area contributed by atoms with Crippen LogP contribution in [-0.4, -0.2) is 38.9 Å². The third kappa shape index (κ3) is 6.98. The highest BCUT2D eigenvalue weighted by Gasteiger charge is 2.37. The highest BCUT2D eigenvalue weighted by atomic mass is 33.1. The van der Waals surface area contributed by atoms with Crippen LogP contribution in [0.3, 0.4) is 0 Å². The van der Waals surface area contributed by atoms with Gasteiger partial charge in [0.15, 0.2) is 0 Å². The summed E-state index contributed by atoms with van der Waals surface area (Å²) in [6.07, 6.45) is 0. The first-order valence-electron chi connectivity index (χ1n) is 10.6. The van der Waals surface area contributed by atoms with E-state index in [1.165, 1.54) is 0 Å². The average molecular weight is 519 g/mol. The Hall–Kier alpha value is -2.06. The van der Waals surface area contributed by atoms with E-state index in [0.29, 0.717) is 12.4 Å². The average Bonchev–Trinajstić information content (AvgIpc) is 2.88. The third-order valence-corrected chi connectivity index (χ3v) is 7.83. The van der Waals surface area contributed by atoms with E-state index >= 15 is 0 Å². The van der Waals surface area contributed by atoms with Crippen LogP contribution in [0.1, 0.15) is 16.7 Å². The number of hydrogen-bond donors (Lipinski definition) is 0. The molecule has 0 N–H and O–H groups in total. The summed E-state index contributed by atoms with van der Waals surface area (Å²) >= 11 is 0. The fourth-order valence-corrected chi connectivity index (χ4v) is 5.58. The molecular weight excluding hydrogens is 491 g/mol. The molecule has 34 heavy (non-hydrogen) atoms. The first kappa shape index (κ1) is 26.5. The molecule has 0 heterocycles. The Bertz CT molecular complexity index is 968. The second-order valence-electron chi connectivity index (χ2n) is 7.05. The molecular formula is C25H27O6PS2. The molecule has 0 aliphatic carbocycles. The summed E-state index contributed by atoms with van der Waals surface area (Å²) < 4.78 is 32.6. The van der Waals surface area contributed by atoms with Crippen molar-refractivity contribution in [3.8, 4) is 11.5 Å². The maximum Gasteiger partial charge on any atom is 0.488 e. The SMILES string of the molecule is COc1ccc(C(OCCSSCCO[P+](=O)[O-])(c2ccccc2)c2ccc(OC)cc2)cc1. The van der Waals surface area contributed by atoms with Gasteiger partial charge < -0.3 is 19.1 Å².